The normalized spacial score (nSPS) is 20.1. The van der Waals surface area contributed by atoms with Crippen LogP contribution >= 0.6 is 0 Å². The number of likely N-dealkylation sites (N-methyl/N-ethyl adjacent to an activating group) is 1. The summed E-state index contributed by atoms with van der Waals surface area (Å²) >= 11 is 0. The fraction of sp³-hybridized carbons (Fsp3) is 0.450. The van der Waals surface area contributed by atoms with E-state index in [0.717, 1.165) is 0 Å². The van der Waals surface area contributed by atoms with Gasteiger partial charge in [0, 0.05) is 33.2 Å². The lowest BCUT2D eigenvalue weighted by Gasteiger charge is -2.43. The Bertz CT molecular complexity index is 838. The highest BCUT2D eigenvalue weighted by Crippen LogP contribution is 2.30. The zero-order valence-corrected chi connectivity index (χ0v) is 16.9. The summed E-state index contributed by atoms with van der Waals surface area (Å²) in [6, 6.07) is 7.19. The Morgan fingerprint density at radius 2 is 1.84 bits per heavy atom. The van der Waals surface area contributed by atoms with Crippen LogP contribution in [0.3, 0.4) is 0 Å². The third-order valence-corrected chi connectivity index (χ3v) is 4.84. The number of allylic oxidation sites excluding steroid dienone is 1. The molecule has 2 heterocycles. The maximum absolute atomic E-state index is 12.7. The van der Waals surface area contributed by atoms with Crippen LogP contribution < -0.4 is 15.4 Å². The minimum atomic E-state index is -5.08. The Morgan fingerprint density at radius 3 is 2.42 bits per heavy atom. The van der Waals surface area contributed by atoms with E-state index < -0.39 is 12.1 Å². The Hall–Kier alpha value is -3.08. The first-order valence-corrected chi connectivity index (χ1v) is 9.48. The number of ether oxygens (including phenoxy) is 1. The van der Waals surface area contributed by atoms with E-state index in [2.05, 4.69) is 10.6 Å². The lowest BCUT2D eigenvalue weighted by molar-refractivity contribution is -0.192. The van der Waals surface area contributed by atoms with E-state index in [1.165, 1.54) is 0 Å². The van der Waals surface area contributed by atoms with Crippen molar-refractivity contribution in [1.29, 1.82) is 0 Å². The zero-order valence-electron chi connectivity index (χ0n) is 16.9. The summed E-state index contributed by atoms with van der Waals surface area (Å²) in [5, 5.41) is 13.2. The summed E-state index contributed by atoms with van der Waals surface area (Å²) in [7, 11) is 1.79. The van der Waals surface area contributed by atoms with Gasteiger partial charge in [-0.25, -0.2) is 4.79 Å². The molecule has 1 saturated heterocycles. The van der Waals surface area contributed by atoms with Crippen LogP contribution in [0.1, 0.15) is 16.8 Å². The van der Waals surface area contributed by atoms with Crippen molar-refractivity contribution in [2.24, 2.45) is 5.41 Å². The monoisotopic (exact) mass is 443 g/mol. The van der Waals surface area contributed by atoms with Gasteiger partial charge < -0.3 is 25.4 Å². The van der Waals surface area contributed by atoms with Crippen LogP contribution in [-0.2, 0) is 9.59 Å². The summed E-state index contributed by atoms with van der Waals surface area (Å²) in [5.74, 6) is -2.25. The summed E-state index contributed by atoms with van der Waals surface area (Å²) in [5.41, 5.74) is 0.147. The number of nitrogens with one attached hydrogen (secondary N) is 2. The molecule has 0 saturated carbocycles. The number of fused-ring (bicyclic) bond motifs is 1. The number of carbonyl (C=O) groups is 3. The van der Waals surface area contributed by atoms with Crippen molar-refractivity contribution >= 4 is 17.8 Å². The molecule has 0 aliphatic carbocycles. The average molecular weight is 443 g/mol. The van der Waals surface area contributed by atoms with E-state index in [1.54, 1.807) is 24.1 Å². The molecule has 0 radical (unpaired) electrons. The van der Waals surface area contributed by atoms with Crippen molar-refractivity contribution in [3.63, 3.8) is 0 Å². The highest BCUT2D eigenvalue weighted by molar-refractivity contribution is 5.97. The van der Waals surface area contributed by atoms with E-state index in [9.17, 15) is 22.8 Å². The maximum Gasteiger partial charge on any atom is 0.490 e. The van der Waals surface area contributed by atoms with E-state index >= 15 is 0 Å². The van der Waals surface area contributed by atoms with Crippen LogP contribution in [0.15, 0.2) is 36.4 Å². The van der Waals surface area contributed by atoms with E-state index in [1.807, 2.05) is 24.3 Å². The molecule has 3 rings (SSSR count). The second-order valence-corrected chi connectivity index (χ2v) is 7.15. The first kappa shape index (κ1) is 24.2. The van der Waals surface area contributed by atoms with Crippen molar-refractivity contribution < 1.29 is 37.4 Å². The number of nitrogens with zero attached hydrogens (tertiary/aromatic N) is 1. The average Bonchev–Trinajstić information content (AvgIpc) is 2.68. The molecule has 2 aliphatic heterocycles. The standard InChI is InChI=1S/C18H23N3O3.C2HF3O2/c1-21-10-9-20-16(22)14-6-2-3-7-15(14)24-11-5-4-8-18(17(21)23)12-19-13-18;3-2(4,5)1(6)7/h2-7,19H,8-13H2,1H3,(H,20,22);(H,6,7)/b5-4+;. The van der Waals surface area contributed by atoms with Gasteiger partial charge in [0.15, 0.2) is 0 Å². The van der Waals surface area contributed by atoms with E-state index in [0.29, 0.717) is 50.5 Å². The SMILES string of the molecule is CN1CCNC(=O)c2ccccc2OC/C=C/CC2(CNC2)C1=O.O=C(O)C(F)(F)F. The van der Waals surface area contributed by atoms with Crippen LogP contribution in [0.5, 0.6) is 5.75 Å². The smallest absolute Gasteiger partial charge is 0.489 e. The number of carboxylic acid groups (broad SMARTS) is 1. The van der Waals surface area contributed by atoms with Gasteiger partial charge in [0.2, 0.25) is 5.91 Å². The molecule has 170 valence electrons. The predicted octanol–water partition coefficient (Wildman–Crippen LogP) is 1.44. The Morgan fingerprint density at radius 1 is 1.19 bits per heavy atom. The molecule has 0 atom stereocenters. The minimum Gasteiger partial charge on any atom is -0.489 e. The molecule has 0 aromatic heterocycles. The quantitative estimate of drug-likeness (QED) is 0.524. The van der Waals surface area contributed by atoms with Crippen molar-refractivity contribution in [2.45, 2.75) is 12.6 Å². The Kier molecular flexibility index (Phi) is 8.03. The van der Waals surface area contributed by atoms with Crippen LogP contribution in [0, 0.1) is 5.41 Å². The van der Waals surface area contributed by atoms with Crippen LogP contribution in [0.25, 0.3) is 0 Å². The van der Waals surface area contributed by atoms with Crippen molar-refractivity contribution in [1.82, 2.24) is 15.5 Å². The van der Waals surface area contributed by atoms with Crippen molar-refractivity contribution in [3.8, 4) is 5.75 Å². The molecule has 3 N–H and O–H groups in total. The second-order valence-electron chi connectivity index (χ2n) is 7.15. The number of hydrogen-bond acceptors (Lipinski definition) is 5. The molecule has 1 fully saturated rings. The summed E-state index contributed by atoms with van der Waals surface area (Å²) in [4.78, 5) is 35.7. The molecule has 0 bridgehead atoms. The number of benzene rings is 1. The number of para-hydroxylation sites is 1. The molecule has 2 aliphatic rings. The first-order chi connectivity index (χ1) is 14.6. The molecule has 31 heavy (non-hydrogen) atoms. The number of hydrogen-bond donors (Lipinski definition) is 3. The largest absolute Gasteiger partial charge is 0.490 e. The zero-order chi connectivity index (χ0) is 23.1. The molecule has 1 aromatic rings. The number of halogens is 3. The van der Waals surface area contributed by atoms with Crippen LogP contribution in [0.2, 0.25) is 0 Å². The number of alkyl halides is 3. The molecule has 1 aromatic carbocycles. The van der Waals surface area contributed by atoms with Gasteiger partial charge in [-0.2, -0.15) is 13.2 Å². The Balaban J connectivity index is 0.000000423. The highest BCUT2D eigenvalue weighted by Gasteiger charge is 2.44. The maximum atomic E-state index is 12.7. The van der Waals surface area contributed by atoms with Crippen LogP contribution in [0.4, 0.5) is 13.2 Å². The Labute approximate surface area is 177 Å². The second kappa shape index (κ2) is 10.3. The molecule has 8 nitrogen and oxygen atoms in total. The van der Waals surface area contributed by atoms with Gasteiger partial charge in [0.1, 0.15) is 12.4 Å². The topological polar surface area (TPSA) is 108 Å². The van der Waals surface area contributed by atoms with Gasteiger partial charge in [0.05, 0.1) is 11.0 Å². The predicted molar refractivity (Wildman–Crippen MR) is 105 cm³/mol. The molecule has 1 spiro atoms. The number of carbonyl (C=O) groups excluding carboxylic acids is 2. The van der Waals surface area contributed by atoms with Gasteiger partial charge >= 0.3 is 12.1 Å². The first-order valence-electron chi connectivity index (χ1n) is 9.48. The minimum absolute atomic E-state index is 0.124. The molecular formula is C20H24F3N3O5. The third kappa shape index (κ3) is 6.45. The number of aliphatic carboxylic acids is 1. The summed E-state index contributed by atoms with van der Waals surface area (Å²) < 4.78 is 37.4. The fourth-order valence-corrected chi connectivity index (χ4v) is 3.04. The number of carboxylic acids is 1. The van der Waals surface area contributed by atoms with Gasteiger partial charge in [-0.1, -0.05) is 24.3 Å². The van der Waals surface area contributed by atoms with Gasteiger partial charge in [0.25, 0.3) is 5.91 Å². The van der Waals surface area contributed by atoms with Gasteiger partial charge in [-0.05, 0) is 18.6 Å². The third-order valence-electron chi connectivity index (χ3n) is 4.84. The molecular weight excluding hydrogens is 419 g/mol. The summed E-state index contributed by atoms with van der Waals surface area (Å²) in [6.07, 6.45) is -0.477. The fourth-order valence-electron chi connectivity index (χ4n) is 3.04. The van der Waals surface area contributed by atoms with Crippen molar-refractivity contribution in [3.05, 3.63) is 42.0 Å². The van der Waals surface area contributed by atoms with Gasteiger partial charge in [-0.3, -0.25) is 9.59 Å². The van der Waals surface area contributed by atoms with Gasteiger partial charge in [-0.15, -0.1) is 0 Å². The van der Waals surface area contributed by atoms with E-state index in [-0.39, 0.29) is 17.2 Å². The molecule has 2 amide bonds. The van der Waals surface area contributed by atoms with Crippen molar-refractivity contribution in [2.75, 3.05) is 39.8 Å². The molecule has 0 unspecified atom stereocenters. The van der Waals surface area contributed by atoms with Crippen LogP contribution in [-0.4, -0.2) is 73.8 Å². The highest BCUT2D eigenvalue weighted by atomic mass is 19.4. The number of rotatable bonds is 0. The lowest BCUT2D eigenvalue weighted by atomic mass is 9.77. The lowest BCUT2D eigenvalue weighted by Crippen LogP contribution is -2.61. The molecule has 11 heteroatoms. The number of amides is 2. The van der Waals surface area contributed by atoms with E-state index in [4.69, 9.17) is 14.6 Å². The summed E-state index contributed by atoms with van der Waals surface area (Å²) in [6.45, 7) is 2.65.